The highest BCUT2D eigenvalue weighted by Crippen LogP contribution is 2.44. The van der Waals surface area contributed by atoms with Crippen LogP contribution in [-0.4, -0.2) is 0 Å². The standard InChI is InChI=1S/C24H25P/c1-20(19-22-12-6-3-7-13-22)18-21(2)25(23-14-8-4-9-15-23)24-16-10-5-11-17-24/h3-17,20H,2,18-19H2,1H3. The Morgan fingerprint density at radius 2 is 1.20 bits per heavy atom. The summed E-state index contributed by atoms with van der Waals surface area (Å²) in [5.41, 5.74) is 1.41. The zero-order chi connectivity index (χ0) is 17.5. The highest BCUT2D eigenvalue weighted by atomic mass is 31.1. The van der Waals surface area contributed by atoms with Crippen molar-refractivity contribution in [2.75, 3.05) is 0 Å². The molecule has 0 saturated heterocycles. The first-order valence-electron chi connectivity index (χ1n) is 8.86. The smallest absolute Gasteiger partial charge is 0.0154 e. The minimum Gasteiger partial charge on any atom is -0.0947 e. The molecule has 0 aromatic heterocycles. The van der Waals surface area contributed by atoms with Crippen molar-refractivity contribution in [3.05, 3.63) is 108 Å². The molecule has 0 bridgehead atoms. The van der Waals surface area contributed by atoms with Crippen LogP contribution in [0.1, 0.15) is 18.9 Å². The van der Waals surface area contributed by atoms with Gasteiger partial charge in [-0.3, -0.25) is 0 Å². The van der Waals surface area contributed by atoms with E-state index in [0.717, 1.165) is 12.8 Å². The lowest BCUT2D eigenvalue weighted by molar-refractivity contribution is 0.586. The molecule has 0 amide bonds. The van der Waals surface area contributed by atoms with Crippen LogP contribution in [0.3, 0.4) is 0 Å². The van der Waals surface area contributed by atoms with E-state index >= 15 is 0 Å². The maximum Gasteiger partial charge on any atom is -0.0154 e. The topological polar surface area (TPSA) is 0 Å². The third-order valence-electron chi connectivity index (χ3n) is 4.36. The number of rotatable bonds is 7. The Bertz CT molecular complexity index is 739. The predicted octanol–water partition coefficient (Wildman–Crippen LogP) is 5.90. The average molecular weight is 344 g/mol. The SMILES string of the molecule is C=C(CC(C)Cc1ccccc1)P(c1ccccc1)c1ccccc1. The number of benzene rings is 3. The van der Waals surface area contributed by atoms with Crippen LogP contribution in [0.2, 0.25) is 0 Å². The molecule has 3 rings (SSSR count). The molecular weight excluding hydrogens is 319 g/mol. The van der Waals surface area contributed by atoms with Crippen LogP contribution < -0.4 is 10.6 Å². The zero-order valence-electron chi connectivity index (χ0n) is 14.8. The molecule has 0 aliphatic rings. The third kappa shape index (κ3) is 4.91. The van der Waals surface area contributed by atoms with Gasteiger partial charge in [0, 0.05) is 0 Å². The van der Waals surface area contributed by atoms with Gasteiger partial charge in [-0.05, 0) is 48.2 Å². The molecule has 3 aromatic rings. The predicted molar refractivity (Wildman–Crippen MR) is 112 cm³/mol. The van der Waals surface area contributed by atoms with Crippen LogP contribution in [0.25, 0.3) is 0 Å². The molecule has 0 fully saturated rings. The summed E-state index contributed by atoms with van der Waals surface area (Å²) in [4.78, 5) is 0. The Hall–Kier alpha value is -2.17. The second kappa shape index (κ2) is 8.79. The summed E-state index contributed by atoms with van der Waals surface area (Å²) in [6.07, 6.45) is 2.16. The maximum absolute atomic E-state index is 4.52. The van der Waals surface area contributed by atoms with Crippen molar-refractivity contribution in [3.8, 4) is 0 Å². The molecule has 0 aliphatic heterocycles. The van der Waals surface area contributed by atoms with Crippen LogP contribution in [-0.2, 0) is 6.42 Å². The highest BCUT2D eigenvalue weighted by molar-refractivity contribution is 7.76. The molecule has 1 unspecified atom stereocenters. The highest BCUT2D eigenvalue weighted by Gasteiger charge is 2.18. The molecule has 0 N–H and O–H groups in total. The van der Waals surface area contributed by atoms with Gasteiger partial charge in [0.15, 0.2) is 0 Å². The van der Waals surface area contributed by atoms with Crippen molar-refractivity contribution >= 4 is 18.5 Å². The van der Waals surface area contributed by atoms with Gasteiger partial charge in [-0.15, -0.1) is 0 Å². The monoisotopic (exact) mass is 344 g/mol. The molecule has 0 radical (unpaired) electrons. The molecule has 0 heterocycles. The molecule has 25 heavy (non-hydrogen) atoms. The van der Waals surface area contributed by atoms with Crippen molar-refractivity contribution in [1.82, 2.24) is 0 Å². The summed E-state index contributed by atoms with van der Waals surface area (Å²) in [5.74, 6) is 0.590. The second-order valence-electron chi connectivity index (χ2n) is 6.57. The van der Waals surface area contributed by atoms with E-state index < -0.39 is 7.92 Å². The normalized spacial score (nSPS) is 12.1. The maximum atomic E-state index is 4.52. The molecule has 0 aliphatic carbocycles. The van der Waals surface area contributed by atoms with Gasteiger partial charge in [-0.25, -0.2) is 0 Å². The molecule has 1 heteroatoms. The fourth-order valence-electron chi connectivity index (χ4n) is 3.25. The molecule has 126 valence electrons. The zero-order valence-corrected chi connectivity index (χ0v) is 15.7. The Morgan fingerprint density at radius 3 is 1.68 bits per heavy atom. The first-order chi connectivity index (χ1) is 12.2. The minimum atomic E-state index is -0.514. The van der Waals surface area contributed by atoms with Gasteiger partial charge >= 0.3 is 0 Å². The van der Waals surface area contributed by atoms with Gasteiger partial charge in [0.25, 0.3) is 0 Å². The summed E-state index contributed by atoms with van der Waals surface area (Å²) < 4.78 is 0. The van der Waals surface area contributed by atoms with E-state index in [1.165, 1.54) is 21.5 Å². The van der Waals surface area contributed by atoms with E-state index in [1.807, 2.05) is 0 Å². The fourth-order valence-corrected chi connectivity index (χ4v) is 5.71. The second-order valence-corrected chi connectivity index (χ2v) is 8.91. The molecule has 3 aromatic carbocycles. The molecule has 1 atom stereocenters. The lowest BCUT2D eigenvalue weighted by atomic mass is 9.98. The van der Waals surface area contributed by atoms with Crippen LogP contribution in [0.15, 0.2) is 103 Å². The quantitative estimate of drug-likeness (QED) is 0.468. The van der Waals surface area contributed by atoms with E-state index in [0.29, 0.717) is 5.92 Å². The Morgan fingerprint density at radius 1 is 0.760 bits per heavy atom. The van der Waals surface area contributed by atoms with Crippen molar-refractivity contribution < 1.29 is 0 Å². The number of allylic oxidation sites excluding steroid dienone is 1. The number of hydrogen-bond acceptors (Lipinski definition) is 0. The van der Waals surface area contributed by atoms with Gasteiger partial charge in [0.1, 0.15) is 0 Å². The van der Waals surface area contributed by atoms with Crippen LogP contribution in [0.5, 0.6) is 0 Å². The fraction of sp³-hybridized carbons (Fsp3) is 0.167. The van der Waals surface area contributed by atoms with E-state index in [-0.39, 0.29) is 0 Å². The largest absolute Gasteiger partial charge is 0.0947 e. The molecule has 0 nitrogen and oxygen atoms in total. The Kier molecular flexibility index (Phi) is 6.20. The number of hydrogen-bond donors (Lipinski definition) is 0. The van der Waals surface area contributed by atoms with E-state index in [1.54, 1.807) is 0 Å². The first kappa shape index (κ1) is 17.6. The van der Waals surface area contributed by atoms with Crippen molar-refractivity contribution in [1.29, 1.82) is 0 Å². The van der Waals surface area contributed by atoms with E-state index in [4.69, 9.17) is 0 Å². The third-order valence-corrected chi connectivity index (χ3v) is 6.80. The minimum absolute atomic E-state index is 0.514. The van der Waals surface area contributed by atoms with Crippen molar-refractivity contribution in [2.45, 2.75) is 19.8 Å². The van der Waals surface area contributed by atoms with Crippen molar-refractivity contribution in [3.63, 3.8) is 0 Å². The summed E-state index contributed by atoms with van der Waals surface area (Å²) in [7, 11) is -0.514. The Balaban J connectivity index is 1.78. The summed E-state index contributed by atoms with van der Waals surface area (Å²) >= 11 is 0. The van der Waals surface area contributed by atoms with Crippen LogP contribution >= 0.6 is 7.92 Å². The molecule has 0 saturated carbocycles. The van der Waals surface area contributed by atoms with Gasteiger partial charge < -0.3 is 0 Å². The van der Waals surface area contributed by atoms with Crippen molar-refractivity contribution in [2.24, 2.45) is 5.92 Å². The molecular formula is C24H25P. The van der Waals surface area contributed by atoms with Crippen LogP contribution in [0, 0.1) is 5.92 Å². The van der Waals surface area contributed by atoms with Crippen LogP contribution in [0.4, 0.5) is 0 Å². The van der Waals surface area contributed by atoms with Gasteiger partial charge in [0.2, 0.25) is 0 Å². The summed E-state index contributed by atoms with van der Waals surface area (Å²) in [6.45, 7) is 6.85. The van der Waals surface area contributed by atoms with Gasteiger partial charge in [-0.1, -0.05) is 104 Å². The molecule has 0 spiro atoms. The Labute approximate surface area is 153 Å². The summed E-state index contributed by atoms with van der Waals surface area (Å²) in [6, 6.07) is 32.4. The van der Waals surface area contributed by atoms with E-state index in [9.17, 15) is 0 Å². The average Bonchev–Trinajstić information content (AvgIpc) is 2.64. The van der Waals surface area contributed by atoms with Gasteiger partial charge in [-0.2, -0.15) is 0 Å². The lowest BCUT2D eigenvalue weighted by Gasteiger charge is -2.23. The summed E-state index contributed by atoms with van der Waals surface area (Å²) in [5, 5.41) is 4.14. The van der Waals surface area contributed by atoms with E-state index in [2.05, 4.69) is 104 Å². The first-order valence-corrected chi connectivity index (χ1v) is 10.2. The van der Waals surface area contributed by atoms with Gasteiger partial charge in [0.05, 0.1) is 0 Å². The lowest BCUT2D eigenvalue weighted by Crippen LogP contribution is -2.14.